The van der Waals surface area contributed by atoms with Crippen LogP contribution in [0.15, 0.2) is 24.3 Å². The standard InChI is InChI=1S/C20H24N2O/c1-20-11-14-10-15(23)7-6-13(14)12-22(20)9-8-17-16-4-2-3-5-18(16)21-19(17)20/h2-5,13-14,21H,6-12H2,1H3/t13-,14-,20-/m0/s1. The minimum atomic E-state index is 0.0748. The van der Waals surface area contributed by atoms with Crippen molar-refractivity contribution < 1.29 is 4.79 Å². The summed E-state index contributed by atoms with van der Waals surface area (Å²) in [6.45, 7) is 4.72. The van der Waals surface area contributed by atoms with E-state index in [1.165, 1.54) is 28.7 Å². The molecule has 1 saturated heterocycles. The molecule has 3 heteroatoms. The summed E-state index contributed by atoms with van der Waals surface area (Å²) >= 11 is 0. The Bertz CT molecular complexity index is 792. The number of nitrogens with one attached hydrogen (secondary N) is 1. The van der Waals surface area contributed by atoms with Crippen molar-refractivity contribution in [3.05, 3.63) is 35.5 Å². The molecule has 2 aromatic rings. The van der Waals surface area contributed by atoms with Crippen LogP contribution in [0.2, 0.25) is 0 Å². The minimum absolute atomic E-state index is 0.0748. The van der Waals surface area contributed by atoms with Gasteiger partial charge in [-0.25, -0.2) is 0 Å². The first-order valence-corrected chi connectivity index (χ1v) is 9.02. The number of Topliss-reactive ketones (excluding diaryl/α,β-unsaturated/α-hetero) is 1. The number of benzene rings is 1. The Kier molecular flexibility index (Phi) is 2.82. The molecule has 5 rings (SSSR count). The lowest BCUT2D eigenvalue weighted by molar-refractivity contribution is -0.126. The molecule has 0 spiro atoms. The van der Waals surface area contributed by atoms with Crippen molar-refractivity contribution in [1.82, 2.24) is 9.88 Å². The highest BCUT2D eigenvalue weighted by Crippen LogP contribution is 2.49. The summed E-state index contributed by atoms with van der Waals surface area (Å²) in [5.74, 6) is 1.79. The third-order valence-corrected chi connectivity index (χ3v) is 6.75. The SMILES string of the molecule is C[C@@]12C[C@@H]3CC(=O)CC[C@H]3CN1CCc1c2[nH]c2ccccc12. The van der Waals surface area contributed by atoms with Gasteiger partial charge in [0.15, 0.2) is 0 Å². The van der Waals surface area contributed by atoms with Crippen LogP contribution in [-0.2, 0) is 16.8 Å². The molecule has 1 aliphatic carbocycles. The molecule has 1 saturated carbocycles. The van der Waals surface area contributed by atoms with Crippen LogP contribution < -0.4 is 0 Å². The second-order valence-corrected chi connectivity index (χ2v) is 8.00. The first-order valence-electron chi connectivity index (χ1n) is 9.02. The lowest BCUT2D eigenvalue weighted by atomic mass is 9.66. The van der Waals surface area contributed by atoms with E-state index in [1.807, 2.05) is 0 Å². The summed E-state index contributed by atoms with van der Waals surface area (Å²) in [7, 11) is 0. The van der Waals surface area contributed by atoms with Crippen LogP contribution in [0, 0.1) is 11.8 Å². The maximum absolute atomic E-state index is 11.9. The molecular formula is C20H24N2O. The van der Waals surface area contributed by atoms with Gasteiger partial charge in [-0.3, -0.25) is 9.69 Å². The van der Waals surface area contributed by atoms with Gasteiger partial charge in [-0.05, 0) is 49.7 Å². The van der Waals surface area contributed by atoms with E-state index in [0.717, 1.165) is 44.6 Å². The van der Waals surface area contributed by atoms with Crippen LogP contribution in [0.1, 0.15) is 43.9 Å². The molecule has 3 atom stereocenters. The van der Waals surface area contributed by atoms with Crippen LogP contribution in [0.5, 0.6) is 0 Å². The first-order chi connectivity index (χ1) is 11.1. The number of ketones is 1. The Balaban J connectivity index is 1.60. The summed E-state index contributed by atoms with van der Waals surface area (Å²) in [6, 6.07) is 8.69. The Morgan fingerprint density at radius 1 is 1.22 bits per heavy atom. The van der Waals surface area contributed by atoms with E-state index in [2.05, 4.69) is 41.1 Å². The molecule has 0 amide bonds. The highest BCUT2D eigenvalue weighted by Gasteiger charge is 2.49. The summed E-state index contributed by atoms with van der Waals surface area (Å²) in [6.07, 6.45) is 5.00. The van der Waals surface area contributed by atoms with Crippen molar-refractivity contribution in [2.45, 2.75) is 44.6 Å². The van der Waals surface area contributed by atoms with E-state index in [0.29, 0.717) is 11.7 Å². The Hall–Kier alpha value is -1.61. The minimum Gasteiger partial charge on any atom is -0.357 e. The fraction of sp³-hybridized carbons (Fsp3) is 0.550. The van der Waals surface area contributed by atoms with Crippen molar-refractivity contribution in [2.24, 2.45) is 11.8 Å². The predicted molar refractivity (Wildman–Crippen MR) is 91.4 cm³/mol. The number of para-hydroxylation sites is 1. The molecule has 0 radical (unpaired) electrons. The van der Waals surface area contributed by atoms with Crippen molar-refractivity contribution >= 4 is 16.7 Å². The quantitative estimate of drug-likeness (QED) is 0.807. The number of hydrogen-bond donors (Lipinski definition) is 1. The van der Waals surface area contributed by atoms with E-state index in [4.69, 9.17) is 0 Å². The second kappa shape index (κ2) is 4.70. The monoisotopic (exact) mass is 308 g/mol. The molecule has 2 aliphatic heterocycles. The van der Waals surface area contributed by atoms with Crippen LogP contribution >= 0.6 is 0 Å². The summed E-state index contributed by atoms with van der Waals surface area (Å²) in [4.78, 5) is 18.4. The van der Waals surface area contributed by atoms with Crippen molar-refractivity contribution in [3.63, 3.8) is 0 Å². The van der Waals surface area contributed by atoms with Crippen molar-refractivity contribution in [1.29, 1.82) is 0 Å². The van der Waals surface area contributed by atoms with Gasteiger partial charge in [0, 0.05) is 42.5 Å². The lowest BCUT2D eigenvalue weighted by Crippen LogP contribution is -2.57. The summed E-state index contributed by atoms with van der Waals surface area (Å²) in [5, 5.41) is 1.39. The molecule has 1 aromatic carbocycles. The average Bonchev–Trinajstić information content (AvgIpc) is 2.93. The van der Waals surface area contributed by atoms with Gasteiger partial charge in [0.2, 0.25) is 0 Å². The Labute approximate surface area is 137 Å². The molecule has 0 bridgehead atoms. The number of aromatic nitrogens is 1. The van der Waals surface area contributed by atoms with E-state index in [-0.39, 0.29) is 5.54 Å². The number of hydrogen-bond acceptors (Lipinski definition) is 2. The summed E-state index contributed by atoms with van der Waals surface area (Å²) in [5.41, 5.74) is 4.27. The Morgan fingerprint density at radius 2 is 2.09 bits per heavy atom. The van der Waals surface area contributed by atoms with Crippen LogP contribution in [-0.4, -0.2) is 28.8 Å². The molecule has 3 nitrogen and oxygen atoms in total. The maximum atomic E-state index is 11.9. The molecular weight excluding hydrogens is 284 g/mol. The van der Waals surface area contributed by atoms with Gasteiger partial charge in [-0.2, -0.15) is 0 Å². The molecule has 120 valence electrons. The van der Waals surface area contributed by atoms with Gasteiger partial charge in [0.25, 0.3) is 0 Å². The van der Waals surface area contributed by atoms with Crippen molar-refractivity contribution in [3.8, 4) is 0 Å². The number of carbonyl (C=O) groups excluding carboxylic acids is 1. The Morgan fingerprint density at radius 3 is 3.00 bits per heavy atom. The molecule has 1 N–H and O–H groups in total. The normalized spacial score (nSPS) is 34.0. The fourth-order valence-corrected chi connectivity index (χ4v) is 5.51. The summed E-state index contributed by atoms with van der Waals surface area (Å²) < 4.78 is 0. The van der Waals surface area contributed by atoms with Gasteiger partial charge in [-0.1, -0.05) is 18.2 Å². The number of fused-ring (bicyclic) bond motifs is 6. The molecule has 3 aliphatic rings. The number of carbonyl (C=O) groups is 1. The largest absolute Gasteiger partial charge is 0.357 e. The third kappa shape index (κ3) is 1.89. The molecule has 0 unspecified atom stereocenters. The highest BCUT2D eigenvalue weighted by molar-refractivity contribution is 5.85. The second-order valence-electron chi connectivity index (χ2n) is 8.00. The number of rotatable bonds is 0. The molecule has 1 aromatic heterocycles. The van der Waals surface area contributed by atoms with Gasteiger partial charge in [0.05, 0.1) is 5.54 Å². The number of H-pyrrole nitrogens is 1. The topological polar surface area (TPSA) is 36.1 Å². The zero-order valence-corrected chi connectivity index (χ0v) is 13.8. The van der Waals surface area contributed by atoms with Crippen LogP contribution in [0.3, 0.4) is 0 Å². The van der Waals surface area contributed by atoms with Gasteiger partial charge >= 0.3 is 0 Å². The van der Waals surface area contributed by atoms with Gasteiger partial charge in [-0.15, -0.1) is 0 Å². The lowest BCUT2D eigenvalue weighted by Gasteiger charge is -2.54. The number of piperidine rings is 1. The van der Waals surface area contributed by atoms with Crippen molar-refractivity contribution in [2.75, 3.05) is 13.1 Å². The van der Waals surface area contributed by atoms with E-state index in [1.54, 1.807) is 0 Å². The van der Waals surface area contributed by atoms with Gasteiger partial charge < -0.3 is 4.98 Å². The van der Waals surface area contributed by atoms with E-state index >= 15 is 0 Å². The number of nitrogens with zero attached hydrogens (tertiary/aromatic N) is 1. The first kappa shape index (κ1) is 13.8. The average molecular weight is 308 g/mol. The highest BCUT2D eigenvalue weighted by atomic mass is 16.1. The zero-order chi connectivity index (χ0) is 15.6. The van der Waals surface area contributed by atoms with Crippen LogP contribution in [0.4, 0.5) is 0 Å². The molecule has 23 heavy (non-hydrogen) atoms. The maximum Gasteiger partial charge on any atom is 0.133 e. The van der Waals surface area contributed by atoms with E-state index in [9.17, 15) is 4.79 Å². The smallest absolute Gasteiger partial charge is 0.133 e. The third-order valence-electron chi connectivity index (χ3n) is 6.75. The van der Waals surface area contributed by atoms with Crippen LogP contribution in [0.25, 0.3) is 10.9 Å². The fourth-order valence-electron chi connectivity index (χ4n) is 5.51. The zero-order valence-electron chi connectivity index (χ0n) is 13.8. The predicted octanol–water partition coefficient (Wildman–Crippen LogP) is 3.63. The number of aromatic amines is 1. The van der Waals surface area contributed by atoms with Gasteiger partial charge in [0.1, 0.15) is 5.78 Å². The molecule has 3 heterocycles. The van der Waals surface area contributed by atoms with E-state index < -0.39 is 0 Å². The molecule has 2 fully saturated rings.